The molecule has 0 bridgehead atoms. The lowest BCUT2D eigenvalue weighted by Crippen LogP contribution is -2.26. The van der Waals surface area contributed by atoms with Gasteiger partial charge < -0.3 is 10.0 Å². The summed E-state index contributed by atoms with van der Waals surface area (Å²) in [5, 5.41) is 9.84. The van der Waals surface area contributed by atoms with E-state index in [1.54, 1.807) is 0 Å². The molecule has 0 aromatic heterocycles. The molecule has 0 unspecified atom stereocenters. The van der Waals surface area contributed by atoms with Gasteiger partial charge in [-0.25, -0.2) is 0 Å². The van der Waals surface area contributed by atoms with Crippen molar-refractivity contribution < 1.29 is 9.90 Å². The van der Waals surface area contributed by atoms with Crippen LogP contribution in [0.3, 0.4) is 0 Å². The first kappa shape index (κ1) is 13.9. The highest BCUT2D eigenvalue weighted by atomic mass is 16.3. The van der Waals surface area contributed by atoms with Crippen molar-refractivity contribution >= 4 is 12.0 Å². The number of carbonyl (C=O) groups excluding carboxylic acids is 1. The molecule has 0 saturated heterocycles. The van der Waals surface area contributed by atoms with Gasteiger partial charge in [0.05, 0.1) is 12.1 Å². The molecule has 0 saturated carbocycles. The average Bonchev–Trinajstić information content (AvgIpc) is 2.12. The number of hydrogen-bond acceptors (Lipinski definition) is 4. The van der Waals surface area contributed by atoms with Crippen molar-refractivity contribution in [3.05, 3.63) is 11.3 Å². The number of hydrogen-bond donors (Lipinski definition) is 1. The Hall–Kier alpha value is -1.16. The van der Waals surface area contributed by atoms with Crippen LogP contribution >= 0.6 is 0 Å². The number of aliphatic hydroxyl groups is 1. The molecule has 0 amide bonds. The van der Waals surface area contributed by atoms with Crippen LogP contribution in [0, 0.1) is 5.41 Å². The first-order valence-corrected chi connectivity index (χ1v) is 5.92. The molecule has 96 valence electrons. The van der Waals surface area contributed by atoms with Gasteiger partial charge >= 0.3 is 0 Å². The minimum atomic E-state index is -0.137. The number of likely N-dealkylation sites (N-methyl/N-ethyl adjacent to an activating group) is 1. The van der Waals surface area contributed by atoms with E-state index in [-0.39, 0.29) is 17.0 Å². The molecule has 4 nitrogen and oxygen atoms in total. The van der Waals surface area contributed by atoms with E-state index in [4.69, 9.17) is 0 Å². The standard InChI is InChI=1S/C13H22N2O2/c1-13(2)7-11(16)10(12(17)8-13)9-14-5-6-15(3)4/h9,16H,5-8H2,1-4H3. The van der Waals surface area contributed by atoms with Gasteiger partial charge in [0.15, 0.2) is 5.78 Å². The smallest absolute Gasteiger partial charge is 0.168 e. The van der Waals surface area contributed by atoms with Gasteiger partial charge in [0, 0.05) is 25.6 Å². The van der Waals surface area contributed by atoms with Crippen molar-refractivity contribution in [2.24, 2.45) is 10.4 Å². The molecule has 0 aromatic carbocycles. The highest BCUT2D eigenvalue weighted by Crippen LogP contribution is 2.34. The zero-order chi connectivity index (χ0) is 13.1. The highest BCUT2D eigenvalue weighted by molar-refractivity contribution is 6.14. The third kappa shape index (κ3) is 4.30. The number of rotatable bonds is 4. The van der Waals surface area contributed by atoms with Crippen LogP contribution in [0.4, 0.5) is 0 Å². The largest absolute Gasteiger partial charge is 0.511 e. The lowest BCUT2D eigenvalue weighted by atomic mass is 9.77. The first-order chi connectivity index (χ1) is 7.82. The van der Waals surface area contributed by atoms with E-state index in [2.05, 4.69) is 4.99 Å². The SMILES string of the molecule is CN(C)CCN=CC1=C(O)CC(C)(C)CC1=O. The number of carbonyl (C=O) groups is 1. The van der Waals surface area contributed by atoms with Crippen molar-refractivity contribution in [2.45, 2.75) is 26.7 Å². The molecule has 0 aromatic rings. The topological polar surface area (TPSA) is 52.9 Å². The van der Waals surface area contributed by atoms with E-state index in [0.717, 1.165) is 6.54 Å². The molecular formula is C13H22N2O2. The van der Waals surface area contributed by atoms with E-state index < -0.39 is 0 Å². The number of ketones is 1. The van der Waals surface area contributed by atoms with Crippen molar-refractivity contribution in [1.29, 1.82) is 0 Å². The predicted molar refractivity (Wildman–Crippen MR) is 69.6 cm³/mol. The third-order valence-electron chi connectivity index (χ3n) is 2.79. The van der Waals surface area contributed by atoms with E-state index in [9.17, 15) is 9.90 Å². The average molecular weight is 238 g/mol. The molecule has 17 heavy (non-hydrogen) atoms. The van der Waals surface area contributed by atoms with Gasteiger partial charge in [-0.1, -0.05) is 13.8 Å². The maximum absolute atomic E-state index is 11.8. The Labute approximate surface area is 103 Å². The summed E-state index contributed by atoms with van der Waals surface area (Å²) in [6.07, 6.45) is 2.55. The van der Waals surface area contributed by atoms with Crippen molar-refractivity contribution in [3.63, 3.8) is 0 Å². The lowest BCUT2D eigenvalue weighted by Gasteiger charge is -2.28. The summed E-state index contributed by atoms with van der Waals surface area (Å²) in [6.45, 7) is 5.45. The van der Waals surface area contributed by atoms with Gasteiger partial charge in [-0.15, -0.1) is 0 Å². The molecule has 1 aliphatic rings. The van der Waals surface area contributed by atoms with Crippen LogP contribution in [0.1, 0.15) is 26.7 Å². The molecule has 0 atom stereocenters. The van der Waals surface area contributed by atoms with Crippen LogP contribution in [0.15, 0.2) is 16.3 Å². The Kier molecular flexibility index (Phi) is 4.46. The Morgan fingerprint density at radius 2 is 2.06 bits per heavy atom. The van der Waals surface area contributed by atoms with E-state index >= 15 is 0 Å². The normalized spacial score (nSPS) is 20.6. The van der Waals surface area contributed by atoms with Gasteiger partial charge in [0.1, 0.15) is 5.76 Å². The Morgan fingerprint density at radius 1 is 1.41 bits per heavy atom. The molecule has 0 aliphatic heterocycles. The monoisotopic (exact) mass is 238 g/mol. The molecule has 0 radical (unpaired) electrons. The summed E-state index contributed by atoms with van der Waals surface area (Å²) in [4.78, 5) is 18.0. The molecule has 4 heteroatoms. The first-order valence-electron chi connectivity index (χ1n) is 5.92. The molecule has 0 heterocycles. The third-order valence-corrected chi connectivity index (χ3v) is 2.79. The Balaban J connectivity index is 2.67. The molecule has 0 fully saturated rings. The molecule has 0 spiro atoms. The maximum atomic E-state index is 11.8. The fourth-order valence-electron chi connectivity index (χ4n) is 1.86. The van der Waals surface area contributed by atoms with Crippen molar-refractivity contribution in [3.8, 4) is 0 Å². The summed E-state index contributed by atoms with van der Waals surface area (Å²) in [5.74, 6) is 0.173. The summed E-state index contributed by atoms with van der Waals surface area (Å²) in [5.41, 5.74) is 0.255. The highest BCUT2D eigenvalue weighted by Gasteiger charge is 2.32. The second kappa shape index (κ2) is 5.45. The second-order valence-corrected chi connectivity index (χ2v) is 5.64. The predicted octanol–water partition coefficient (Wildman–Crippen LogP) is 1.82. The van der Waals surface area contributed by atoms with Crippen LogP contribution in [0.5, 0.6) is 0 Å². The number of aliphatic imine (C=N–C) groups is 1. The molecule has 1 N–H and O–H groups in total. The minimum absolute atomic E-state index is 0.00708. The summed E-state index contributed by atoms with van der Waals surface area (Å²) in [6, 6.07) is 0. The van der Waals surface area contributed by atoms with Gasteiger partial charge in [-0.05, 0) is 19.5 Å². The van der Waals surface area contributed by atoms with Gasteiger partial charge in [0.2, 0.25) is 0 Å². The summed E-state index contributed by atoms with van der Waals surface area (Å²) >= 11 is 0. The lowest BCUT2D eigenvalue weighted by molar-refractivity contribution is -0.117. The zero-order valence-electron chi connectivity index (χ0n) is 11.2. The van der Waals surface area contributed by atoms with Crippen LogP contribution in [0.25, 0.3) is 0 Å². The Morgan fingerprint density at radius 3 is 2.59 bits per heavy atom. The molecular weight excluding hydrogens is 216 g/mol. The fraction of sp³-hybridized carbons (Fsp3) is 0.692. The zero-order valence-corrected chi connectivity index (χ0v) is 11.2. The molecule has 1 rings (SSSR count). The van der Waals surface area contributed by atoms with Gasteiger partial charge in [-0.2, -0.15) is 0 Å². The number of aliphatic hydroxyl groups excluding tert-OH is 1. The minimum Gasteiger partial charge on any atom is -0.511 e. The Bertz CT molecular complexity index is 354. The number of allylic oxidation sites excluding steroid dienone is 2. The van der Waals surface area contributed by atoms with Crippen LogP contribution in [-0.4, -0.2) is 49.2 Å². The second-order valence-electron chi connectivity index (χ2n) is 5.64. The van der Waals surface area contributed by atoms with E-state index in [1.807, 2.05) is 32.8 Å². The van der Waals surface area contributed by atoms with E-state index in [1.165, 1.54) is 6.21 Å². The number of Topliss-reactive ketones (excluding diaryl/α,β-unsaturated/α-hetero) is 1. The van der Waals surface area contributed by atoms with Gasteiger partial charge in [-0.3, -0.25) is 9.79 Å². The van der Waals surface area contributed by atoms with Crippen LogP contribution in [-0.2, 0) is 4.79 Å². The summed E-state index contributed by atoms with van der Waals surface area (Å²) in [7, 11) is 3.95. The van der Waals surface area contributed by atoms with Crippen LogP contribution < -0.4 is 0 Å². The van der Waals surface area contributed by atoms with E-state index in [0.29, 0.717) is 25.0 Å². The summed E-state index contributed by atoms with van der Waals surface area (Å²) < 4.78 is 0. The van der Waals surface area contributed by atoms with Gasteiger partial charge in [0.25, 0.3) is 0 Å². The maximum Gasteiger partial charge on any atom is 0.168 e. The number of nitrogens with zero attached hydrogens (tertiary/aromatic N) is 2. The van der Waals surface area contributed by atoms with Crippen molar-refractivity contribution in [2.75, 3.05) is 27.2 Å². The fourth-order valence-corrected chi connectivity index (χ4v) is 1.86. The van der Waals surface area contributed by atoms with Crippen LogP contribution in [0.2, 0.25) is 0 Å². The molecule has 1 aliphatic carbocycles. The van der Waals surface area contributed by atoms with Crippen molar-refractivity contribution in [1.82, 2.24) is 4.90 Å². The quantitative estimate of drug-likeness (QED) is 0.760.